The van der Waals surface area contributed by atoms with Gasteiger partial charge in [0.15, 0.2) is 0 Å². The second-order valence-corrected chi connectivity index (χ2v) is 4.40. The Bertz CT molecular complexity index is 155. The third-order valence-electron chi connectivity index (χ3n) is 3.42. The molecule has 2 bridgehead atoms. The largest absolute Gasteiger partial charge is 0.380 e. The fourth-order valence-electron chi connectivity index (χ4n) is 2.77. The molecule has 0 spiro atoms. The summed E-state index contributed by atoms with van der Waals surface area (Å²) in [6.07, 6.45) is 1.23. The van der Waals surface area contributed by atoms with Crippen molar-refractivity contribution in [3.8, 4) is 0 Å². The molecule has 3 unspecified atom stereocenters. The van der Waals surface area contributed by atoms with Crippen molar-refractivity contribution in [2.75, 3.05) is 13.2 Å². The smallest absolute Gasteiger partial charge is 0.0625 e. The molecule has 0 N–H and O–H groups in total. The molecule has 0 saturated carbocycles. The number of fused-ring (bicyclic) bond motifs is 3. The van der Waals surface area contributed by atoms with Crippen molar-refractivity contribution in [2.45, 2.75) is 45.3 Å². The lowest BCUT2D eigenvalue weighted by Gasteiger charge is -2.54. The van der Waals surface area contributed by atoms with Gasteiger partial charge in [-0.05, 0) is 26.2 Å². The Balaban J connectivity index is 2.08. The molecule has 12 heavy (non-hydrogen) atoms. The van der Waals surface area contributed by atoms with Gasteiger partial charge in [-0.15, -0.1) is 0 Å². The molecule has 3 atom stereocenters. The van der Waals surface area contributed by atoms with Gasteiger partial charge >= 0.3 is 0 Å². The summed E-state index contributed by atoms with van der Waals surface area (Å²) in [7, 11) is 0. The second-order valence-electron chi connectivity index (χ2n) is 4.40. The first-order valence-electron chi connectivity index (χ1n) is 5.07. The van der Waals surface area contributed by atoms with Crippen molar-refractivity contribution in [2.24, 2.45) is 5.92 Å². The fraction of sp³-hybridized carbons (Fsp3) is 1.00. The van der Waals surface area contributed by atoms with Gasteiger partial charge in [-0.2, -0.15) is 0 Å². The zero-order valence-corrected chi connectivity index (χ0v) is 8.29. The summed E-state index contributed by atoms with van der Waals surface area (Å²) >= 11 is 0. The average Bonchev–Trinajstić information content (AvgIpc) is 2.32. The first-order valence-corrected chi connectivity index (χ1v) is 5.07. The van der Waals surface area contributed by atoms with Crippen LogP contribution in [0.5, 0.6) is 0 Å². The van der Waals surface area contributed by atoms with Crippen LogP contribution >= 0.6 is 0 Å². The van der Waals surface area contributed by atoms with Crippen LogP contribution in [0.25, 0.3) is 0 Å². The predicted molar refractivity (Wildman–Crippen MR) is 49.2 cm³/mol. The van der Waals surface area contributed by atoms with Crippen molar-refractivity contribution in [1.29, 1.82) is 0 Å². The van der Waals surface area contributed by atoms with Crippen LogP contribution in [0.4, 0.5) is 0 Å². The minimum absolute atomic E-state index is 0.692. The number of nitrogens with zero attached hydrogens (tertiary/aromatic N) is 1. The quantitative estimate of drug-likeness (QED) is 0.590. The van der Waals surface area contributed by atoms with E-state index in [1.165, 1.54) is 6.42 Å². The predicted octanol–water partition coefficient (Wildman–Crippen LogP) is 1.50. The van der Waals surface area contributed by atoms with Crippen LogP contribution in [0.15, 0.2) is 0 Å². The molecule has 0 aromatic rings. The SMILES string of the molecule is CC1C2CCOCC1N2C(C)C. The van der Waals surface area contributed by atoms with Crippen LogP contribution in [-0.4, -0.2) is 36.2 Å². The van der Waals surface area contributed by atoms with E-state index in [9.17, 15) is 0 Å². The normalized spacial score (nSPS) is 42.5. The molecule has 3 heterocycles. The Kier molecular flexibility index (Phi) is 2.13. The molecule has 0 aliphatic carbocycles. The summed E-state index contributed by atoms with van der Waals surface area (Å²) in [6.45, 7) is 8.86. The standard InChI is InChI=1S/C10H19NO/c1-7(2)11-9-4-5-12-6-10(11)8(9)3/h7-10H,4-6H2,1-3H3. The van der Waals surface area contributed by atoms with Crippen LogP contribution in [0.1, 0.15) is 27.2 Å². The molecule has 2 nitrogen and oxygen atoms in total. The van der Waals surface area contributed by atoms with Gasteiger partial charge in [-0.3, -0.25) is 4.90 Å². The Hall–Kier alpha value is -0.0800. The molecule has 70 valence electrons. The fourth-order valence-corrected chi connectivity index (χ4v) is 2.77. The van der Waals surface area contributed by atoms with Gasteiger partial charge in [0.2, 0.25) is 0 Å². The number of ether oxygens (including phenoxy) is 1. The number of hydrogen-bond acceptors (Lipinski definition) is 2. The van der Waals surface area contributed by atoms with E-state index < -0.39 is 0 Å². The van der Waals surface area contributed by atoms with Gasteiger partial charge in [0.1, 0.15) is 0 Å². The van der Waals surface area contributed by atoms with Gasteiger partial charge in [0.25, 0.3) is 0 Å². The molecular formula is C10H19NO. The summed E-state index contributed by atoms with van der Waals surface area (Å²) in [6, 6.07) is 2.20. The topological polar surface area (TPSA) is 12.5 Å². The lowest BCUT2D eigenvalue weighted by Crippen LogP contribution is -2.65. The number of rotatable bonds is 1. The summed E-state index contributed by atoms with van der Waals surface area (Å²) in [4.78, 5) is 2.62. The van der Waals surface area contributed by atoms with Crippen LogP contribution in [0.3, 0.4) is 0 Å². The van der Waals surface area contributed by atoms with E-state index in [0.29, 0.717) is 12.1 Å². The monoisotopic (exact) mass is 169 g/mol. The third kappa shape index (κ3) is 1.09. The Morgan fingerprint density at radius 1 is 1.33 bits per heavy atom. The first kappa shape index (κ1) is 8.52. The maximum Gasteiger partial charge on any atom is 0.0625 e. The van der Waals surface area contributed by atoms with Gasteiger partial charge < -0.3 is 4.74 Å². The van der Waals surface area contributed by atoms with E-state index in [-0.39, 0.29) is 0 Å². The van der Waals surface area contributed by atoms with Gasteiger partial charge in [-0.25, -0.2) is 0 Å². The molecule has 3 saturated heterocycles. The zero-order chi connectivity index (χ0) is 8.72. The molecule has 3 fully saturated rings. The number of hydrogen-bond donors (Lipinski definition) is 0. The molecule has 3 aliphatic rings. The van der Waals surface area contributed by atoms with E-state index in [1.54, 1.807) is 0 Å². The highest BCUT2D eigenvalue weighted by atomic mass is 16.5. The van der Waals surface area contributed by atoms with E-state index in [1.807, 2.05) is 0 Å². The molecule has 0 amide bonds. The zero-order valence-electron chi connectivity index (χ0n) is 8.29. The van der Waals surface area contributed by atoms with Crippen molar-refractivity contribution >= 4 is 0 Å². The maximum atomic E-state index is 5.56. The average molecular weight is 169 g/mol. The Morgan fingerprint density at radius 3 is 2.75 bits per heavy atom. The van der Waals surface area contributed by atoms with Gasteiger partial charge in [-0.1, -0.05) is 6.92 Å². The first-order chi connectivity index (χ1) is 5.72. The van der Waals surface area contributed by atoms with E-state index >= 15 is 0 Å². The Labute approximate surface area is 74.9 Å². The highest BCUT2D eigenvalue weighted by Gasteiger charge is 2.47. The van der Waals surface area contributed by atoms with Crippen molar-refractivity contribution in [1.82, 2.24) is 4.90 Å². The van der Waals surface area contributed by atoms with Crippen LogP contribution < -0.4 is 0 Å². The highest BCUT2D eigenvalue weighted by molar-refractivity contribution is 5.01. The molecule has 2 heteroatoms. The lowest BCUT2D eigenvalue weighted by molar-refractivity contribution is -0.0725. The summed E-state index contributed by atoms with van der Waals surface area (Å²) in [5.41, 5.74) is 0. The van der Waals surface area contributed by atoms with E-state index in [0.717, 1.165) is 25.2 Å². The molecule has 3 rings (SSSR count). The minimum atomic E-state index is 0.692. The molecule has 0 aromatic heterocycles. The Morgan fingerprint density at radius 2 is 2.08 bits per heavy atom. The van der Waals surface area contributed by atoms with Gasteiger partial charge in [0.05, 0.1) is 6.61 Å². The highest BCUT2D eigenvalue weighted by Crippen LogP contribution is 2.38. The summed E-state index contributed by atoms with van der Waals surface area (Å²) in [5.74, 6) is 0.856. The van der Waals surface area contributed by atoms with E-state index in [4.69, 9.17) is 4.74 Å². The van der Waals surface area contributed by atoms with Crippen molar-refractivity contribution in [3.63, 3.8) is 0 Å². The van der Waals surface area contributed by atoms with Gasteiger partial charge in [0, 0.05) is 24.7 Å². The minimum Gasteiger partial charge on any atom is -0.380 e. The van der Waals surface area contributed by atoms with Crippen LogP contribution in [-0.2, 0) is 4.74 Å². The molecular weight excluding hydrogens is 150 g/mol. The lowest BCUT2D eigenvalue weighted by atomic mass is 9.79. The van der Waals surface area contributed by atoms with E-state index in [2.05, 4.69) is 25.7 Å². The summed E-state index contributed by atoms with van der Waals surface area (Å²) in [5, 5.41) is 0. The molecule has 0 aromatic carbocycles. The van der Waals surface area contributed by atoms with Crippen molar-refractivity contribution < 1.29 is 4.74 Å². The summed E-state index contributed by atoms with van der Waals surface area (Å²) < 4.78 is 5.56. The second kappa shape index (κ2) is 3.00. The maximum absolute atomic E-state index is 5.56. The van der Waals surface area contributed by atoms with Crippen molar-refractivity contribution in [3.05, 3.63) is 0 Å². The third-order valence-corrected chi connectivity index (χ3v) is 3.42. The van der Waals surface area contributed by atoms with Crippen LogP contribution in [0, 0.1) is 5.92 Å². The van der Waals surface area contributed by atoms with Crippen LogP contribution in [0.2, 0.25) is 0 Å². The molecule has 0 radical (unpaired) electrons. The molecule has 3 aliphatic heterocycles.